The van der Waals surface area contributed by atoms with Gasteiger partial charge in [-0.15, -0.1) is 0 Å². The molecule has 0 bridgehead atoms. The van der Waals surface area contributed by atoms with E-state index in [-0.39, 0.29) is 11.9 Å². The second kappa shape index (κ2) is 10.5. The van der Waals surface area contributed by atoms with Crippen LogP contribution in [0.25, 0.3) is 0 Å². The second-order valence-electron chi connectivity index (χ2n) is 4.53. The minimum absolute atomic E-state index is 0.0447. The van der Waals surface area contributed by atoms with E-state index in [0.717, 1.165) is 37.4 Å². The number of thioether (sulfide) groups is 1. The summed E-state index contributed by atoms with van der Waals surface area (Å²) < 4.78 is 0. The van der Waals surface area contributed by atoms with Crippen LogP contribution in [-0.2, 0) is 4.79 Å². The summed E-state index contributed by atoms with van der Waals surface area (Å²) in [5.74, 6) is 1.76. The van der Waals surface area contributed by atoms with Crippen molar-refractivity contribution in [3.63, 3.8) is 0 Å². The number of aromatic nitrogens is 1. The number of nitrogens with zero attached hydrogens (tertiary/aromatic N) is 1. The van der Waals surface area contributed by atoms with Crippen molar-refractivity contribution in [3.05, 3.63) is 24.4 Å². The van der Waals surface area contributed by atoms with Crippen molar-refractivity contribution in [2.75, 3.05) is 30.4 Å². The first-order valence-electron chi connectivity index (χ1n) is 6.91. The van der Waals surface area contributed by atoms with Gasteiger partial charge in [-0.1, -0.05) is 6.07 Å². The Kier molecular flexibility index (Phi) is 8.82. The number of unbranched alkanes of at least 4 members (excludes halogenated alkanes) is 1. The normalized spacial score (nSPS) is 11.9. The van der Waals surface area contributed by atoms with Crippen LogP contribution in [0.2, 0.25) is 0 Å². The molecule has 0 aliphatic heterocycles. The molecule has 1 heterocycles. The van der Waals surface area contributed by atoms with Crippen LogP contribution in [0.15, 0.2) is 24.4 Å². The molecule has 0 saturated heterocycles. The largest absolute Gasteiger partial charge is 0.370 e. The summed E-state index contributed by atoms with van der Waals surface area (Å²) in [7, 11) is 0. The molecule has 0 radical (unpaired) electrons. The van der Waals surface area contributed by atoms with E-state index >= 15 is 0 Å². The Bertz CT molecular complexity index is 375. The third kappa shape index (κ3) is 7.35. The zero-order valence-corrected chi connectivity index (χ0v) is 12.8. The Balaban J connectivity index is 2.00. The van der Waals surface area contributed by atoms with E-state index in [0.29, 0.717) is 6.54 Å². The number of nitrogens with two attached hydrogens (primary N) is 1. The van der Waals surface area contributed by atoms with Crippen molar-refractivity contribution in [2.24, 2.45) is 5.73 Å². The first kappa shape index (κ1) is 16.8. The van der Waals surface area contributed by atoms with Crippen LogP contribution in [0.4, 0.5) is 5.82 Å². The van der Waals surface area contributed by atoms with Gasteiger partial charge in [0.2, 0.25) is 5.91 Å². The Morgan fingerprint density at radius 3 is 2.90 bits per heavy atom. The maximum Gasteiger partial charge on any atom is 0.236 e. The Hall–Kier alpha value is -1.27. The lowest BCUT2D eigenvalue weighted by molar-refractivity contribution is -0.122. The van der Waals surface area contributed by atoms with Crippen LogP contribution in [0, 0.1) is 0 Å². The SMILES string of the molecule is CSCC[C@H](N)C(=O)NCCCCNc1ccccn1. The molecule has 0 aromatic carbocycles. The number of carbonyl (C=O) groups is 1. The van der Waals surface area contributed by atoms with Gasteiger partial charge in [0.25, 0.3) is 0 Å². The van der Waals surface area contributed by atoms with Crippen LogP contribution >= 0.6 is 11.8 Å². The molecule has 20 heavy (non-hydrogen) atoms. The highest BCUT2D eigenvalue weighted by Gasteiger charge is 2.11. The molecule has 4 N–H and O–H groups in total. The molecule has 0 saturated carbocycles. The van der Waals surface area contributed by atoms with Crippen molar-refractivity contribution in [1.29, 1.82) is 0 Å². The molecule has 1 amide bonds. The van der Waals surface area contributed by atoms with Crippen molar-refractivity contribution in [2.45, 2.75) is 25.3 Å². The van der Waals surface area contributed by atoms with Crippen LogP contribution < -0.4 is 16.4 Å². The van der Waals surface area contributed by atoms with Gasteiger partial charge in [-0.2, -0.15) is 11.8 Å². The van der Waals surface area contributed by atoms with Crippen molar-refractivity contribution >= 4 is 23.5 Å². The summed E-state index contributed by atoms with van der Waals surface area (Å²) >= 11 is 1.71. The molecule has 5 nitrogen and oxygen atoms in total. The van der Waals surface area contributed by atoms with E-state index in [1.165, 1.54) is 0 Å². The number of rotatable bonds is 10. The fourth-order valence-corrected chi connectivity index (χ4v) is 2.14. The van der Waals surface area contributed by atoms with E-state index < -0.39 is 0 Å². The molecule has 1 aromatic heterocycles. The number of nitrogens with one attached hydrogen (secondary N) is 2. The number of anilines is 1. The molecule has 1 atom stereocenters. The summed E-state index contributed by atoms with van der Waals surface area (Å²) in [6.45, 7) is 1.53. The van der Waals surface area contributed by atoms with Crippen LogP contribution in [0.5, 0.6) is 0 Å². The summed E-state index contributed by atoms with van der Waals surface area (Å²) in [6.07, 6.45) is 6.42. The van der Waals surface area contributed by atoms with Crippen LogP contribution in [-0.4, -0.2) is 42.0 Å². The quantitative estimate of drug-likeness (QED) is 0.570. The lowest BCUT2D eigenvalue weighted by Gasteiger charge is -2.11. The molecule has 1 aromatic rings. The minimum Gasteiger partial charge on any atom is -0.370 e. The lowest BCUT2D eigenvalue weighted by Crippen LogP contribution is -2.41. The van der Waals surface area contributed by atoms with Crippen LogP contribution in [0.1, 0.15) is 19.3 Å². The third-order valence-electron chi connectivity index (χ3n) is 2.84. The van der Waals surface area contributed by atoms with Crippen molar-refractivity contribution < 1.29 is 4.79 Å². The monoisotopic (exact) mass is 296 g/mol. The van der Waals surface area contributed by atoms with Gasteiger partial charge in [-0.05, 0) is 43.4 Å². The van der Waals surface area contributed by atoms with E-state index in [9.17, 15) is 4.79 Å². The van der Waals surface area contributed by atoms with Crippen molar-refractivity contribution in [3.8, 4) is 0 Å². The first-order chi connectivity index (χ1) is 9.74. The molecular formula is C14H24N4OS. The Morgan fingerprint density at radius 2 is 2.20 bits per heavy atom. The smallest absolute Gasteiger partial charge is 0.236 e. The average molecular weight is 296 g/mol. The number of pyridine rings is 1. The summed E-state index contributed by atoms with van der Waals surface area (Å²) in [5.41, 5.74) is 5.77. The highest BCUT2D eigenvalue weighted by molar-refractivity contribution is 7.98. The fraction of sp³-hybridized carbons (Fsp3) is 0.571. The van der Waals surface area contributed by atoms with E-state index in [1.807, 2.05) is 24.5 Å². The molecule has 0 aliphatic carbocycles. The van der Waals surface area contributed by atoms with Gasteiger partial charge in [-0.25, -0.2) is 4.98 Å². The fourth-order valence-electron chi connectivity index (χ4n) is 1.65. The third-order valence-corrected chi connectivity index (χ3v) is 3.49. The standard InChI is InChI=1S/C14H24N4OS/c1-20-11-7-12(15)14(19)18-10-5-4-9-17-13-6-2-3-8-16-13/h2-3,6,8,12H,4-5,7,9-11,15H2,1H3,(H,16,17)(H,18,19)/t12-/m0/s1. The van der Waals surface area contributed by atoms with Crippen LogP contribution in [0.3, 0.4) is 0 Å². The maximum absolute atomic E-state index is 11.6. The minimum atomic E-state index is -0.380. The van der Waals surface area contributed by atoms with E-state index in [1.54, 1.807) is 18.0 Å². The van der Waals surface area contributed by atoms with E-state index in [2.05, 4.69) is 15.6 Å². The maximum atomic E-state index is 11.6. The zero-order chi connectivity index (χ0) is 14.6. The number of amides is 1. The molecule has 0 aliphatic rings. The number of hydrogen-bond donors (Lipinski definition) is 3. The summed E-state index contributed by atoms with van der Waals surface area (Å²) in [6, 6.07) is 5.40. The van der Waals surface area contributed by atoms with Gasteiger partial charge in [0.1, 0.15) is 5.82 Å². The van der Waals surface area contributed by atoms with Gasteiger partial charge in [0, 0.05) is 19.3 Å². The van der Waals surface area contributed by atoms with Gasteiger partial charge < -0.3 is 16.4 Å². The Morgan fingerprint density at radius 1 is 1.40 bits per heavy atom. The Labute approximate surface area is 125 Å². The molecule has 6 heteroatoms. The average Bonchev–Trinajstić information content (AvgIpc) is 2.49. The van der Waals surface area contributed by atoms with E-state index in [4.69, 9.17) is 5.73 Å². The second-order valence-corrected chi connectivity index (χ2v) is 5.51. The summed E-state index contributed by atoms with van der Waals surface area (Å²) in [5, 5.41) is 6.11. The molecule has 0 unspecified atom stereocenters. The number of hydrogen-bond acceptors (Lipinski definition) is 5. The summed E-state index contributed by atoms with van der Waals surface area (Å²) in [4.78, 5) is 15.8. The first-order valence-corrected chi connectivity index (χ1v) is 8.30. The molecular weight excluding hydrogens is 272 g/mol. The van der Waals surface area contributed by atoms with Gasteiger partial charge in [-0.3, -0.25) is 4.79 Å². The van der Waals surface area contributed by atoms with Crippen molar-refractivity contribution in [1.82, 2.24) is 10.3 Å². The molecule has 1 rings (SSSR count). The highest BCUT2D eigenvalue weighted by atomic mass is 32.2. The highest BCUT2D eigenvalue weighted by Crippen LogP contribution is 2.01. The molecule has 112 valence electrons. The van der Waals surface area contributed by atoms with Gasteiger partial charge in [0.15, 0.2) is 0 Å². The number of carbonyl (C=O) groups excluding carboxylic acids is 1. The molecule has 0 fully saturated rings. The lowest BCUT2D eigenvalue weighted by atomic mass is 10.2. The molecule has 0 spiro atoms. The predicted molar refractivity (Wildman–Crippen MR) is 85.9 cm³/mol. The topological polar surface area (TPSA) is 80.0 Å². The van der Waals surface area contributed by atoms with Gasteiger partial charge in [0.05, 0.1) is 6.04 Å². The zero-order valence-electron chi connectivity index (χ0n) is 12.0. The predicted octanol–water partition coefficient (Wildman–Crippen LogP) is 1.47. The van der Waals surface area contributed by atoms with Gasteiger partial charge >= 0.3 is 0 Å².